The first-order chi connectivity index (χ1) is 12.8. The van der Waals surface area contributed by atoms with Gasteiger partial charge in [0.2, 0.25) is 0 Å². The Morgan fingerprint density at radius 2 is 2.07 bits per heavy atom. The number of hydrogen-bond acceptors (Lipinski definition) is 6. The molecule has 7 nitrogen and oxygen atoms in total. The largest absolute Gasteiger partial charge is 0.377 e. The molecule has 0 radical (unpaired) electrons. The lowest BCUT2D eigenvalue weighted by Crippen LogP contribution is -2.05. The molecule has 0 saturated carbocycles. The smallest absolute Gasteiger partial charge is 0.177 e. The molecule has 0 unspecified atom stereocenters. The molecule has 140 valence electrons. The van der Waals surface area contributed by atoms with Crippen molar-refractivity contribution in [3.63, 3.8) is 0 Å². The van der Waals surface area contributed by atoms with Gasteiger partial charge in [0.1, 0.15) is 6.07 Å². The standard InChI is InChI=1S/C19H20N4O3S/c1-4-26-12-16-11-23(22-17(16)8-20)10-14-6-15-5-13(2)9-21-19(15)18(7-14)27(3,24)25/h5-7,9,11H,4,10,12H2,1-3H3. The Bertz CT molecular complexity index is 1140. The second-order valence-electron chi connectivity index (χ2n) is 6.40. The third kappa shape index (κ3) is 4.15. The van der Waals surface area contributed by atoms with E-state index in [1.54, 1.807) is 23.1 Å². The molecule has 0 amide bonds. The van der Waals surface area contributed by atoms with E-state index in [1.807, 2.05) is 26.0 Å². The van der Waals surface area contributed by atoms with Crippen LogP contribution in [0.4, 0.5) is 0 Å². The number of benzene rings is 1. The van der Waals surface area contributed by atoms with Gasteiger partial charge >= 0.3 is 0 Å². The fourth-order valence-electron chi connectivity index (χ4n) is 2.90. The van der Waals surface area contributed by atoms with Gasteiger partial charge in [0.25, 0.3) is 0 Å². The monoisotopic (exact) mass is 384 g/mol. The highest BCUT2D eigenvalue weighted by Gasteiger charge is 2.16. The topological polar surface area (TPSA) is 97.9 Å². The van der Waals surface area contributed by atoms with Crippen molar-refractivity contribution in [3.05, 3.63) is 53.0 Å². The van der Waals surface area contributed by atoms with E-state index in [9.17, 15) is 13.7 Å². The third-order valence-electron chi connectivity index (χ3n) is 4.09. The number of aromatic nitrogens is 3. The normalized spacial score (nSPS) is 11.6. The summed E-state index contributed by atoms with van der Waals surface area (Å²) in [4.78, 5) is 4.49. The van der Waals surface area contributed by atoms with Crippen LogP contribution in [0.3, 0.4) is 0 Å². The van der Waals surface area contributed by atoms with Crippen molar-refractivity contribution in [1.29, 1.82) is 5.26 Å². The third-order valence-corrected chi connectivity index (χ3v) is 5.20. The molecule has 0 saturated heterocycles. The molecule has 27 heavy (non-hydrogen) atoms. The Hall–Kier alpha value is -2.76. The van der Waals surface area contributed by atoms with E-state index >= 15 is 0 Å². The second-order valence-corrected chi connectivity index (χ2v) is 8.38. The molecule has 2 aromatic heterocycles. The van der Waals surface area contributed by atoms with Crippen LogP contribution < -0.4 is 0 Å². The summed E-state index contributed by atoms with van der Waals surface area (Å²) in [6, 6.07) is 7.50. The van der Waals surface area contributed by atoms with Gasteiger partial charge in [0.15, 0.2) is 15.5 Å². The summed E-state index contributed by atoms with van der Waals surface area (Å²) in [5.41, 5.74) is 3.20. The minimum absolute atomic E-state index is 0.192. The van der Waals surface area contributed by atoms with Crippen LogP contribution in [0.5, 0.6) is 0 Å². The van der Waals surface area contributed by atoms with Crippen LogP contribution in [-0.4, -0.2) is 36.0 Å². The molecule has 0 atom stereocenters. The number of nitriles is 1. The van der Waals surface area contributed by atoms with Crippen LogP contribution in [0.1, 0.15) is 29.3 Å². The maximum Gasteiger partial charge on any atom is 0.177 e. The van der Waals surface area contributed by atoms with Gasteiger partial charge in [-0.1, -0.05) is 0 Å². The Labute approximate surface area is 158 Å². The van der Waals surface area contributed by atoms with Gasteiger partial charge in [-0.3, -0.25) is 9.67 Å². The Morgan fingerprint density at radius 1 is 1.30 bits per heavy atom. The summed E-state index contributed by atoms with van der Waals surface area (Å²) >= 11 is 0. The van der Waals surface area contributed by atoms with Gasteiger partial charge in [-0.05, 0) is 43.2 Å². The Morgan fingerprint density at radius 3 is 2.74 bits per heavy atom. The number of ether oxygens (including phenoxy) is 1. The Kier molecular flexibility index (Phi) is 5.26. The fraction of sp³-hybridized carbons (Fsp3) is 0.316. The number of nitrogens with zero attached hydrogens (tertiary/aromatic N) is 4. The highest BCUT2D eigenvalue weighted by Crippen LogP contribution is 2.25. The quantitative estimate of drug-likeness (QED) is 0.648. The molecule has 1 aromatic carbocycles. The van der Waals surface area contributed by atoms with Gasteiger partial charge in [0, 0.05) is 36.2 Å². The highest BCUT2D eigenvalue weighted by molar-refractivity contribution is 7.91. The first kappa shape index (κ1) is 19.0. The highest BCUT2D eigenvalue weighted by atomic mass is 32.2. The van der Waals surface area contributed by atoms with Crippen LogP contribution in [0.2, 0.25) is 0 Å². The molecule has 0 N–H and O–H groups in total. The number of fused-ring (bicyclic) bond motifs is 1. The zero-order chi connectivity index (χ0) is 19.6. The van der Waals surface area contributed by atoms with Crippen LogP contribution in [0.15, 0.2) is 35.5 Å². The van der Waals surface area contributed by atoms with Crippen molar-refractivity contribution in [3.8, 4) is 6.07 Å². The molecule has 0 aliphatic carbocycles. The number of rotatable bonds is 6. The molecular formula is C19H20N4O3S. The summed E-state index contributed by atoms with van der Waals surface area (Å²) in [5, 5.41) is 14.3. The van der Waals surface area contributed by atoms with Crippen LogP contribution >= 0.6 is 0 Å². The first-order valence-corrected chi connectivity index (χ1v) is 10.3. The first-order valence-electron chi connectivity index (χ1n) is 8.45. The van der Waals surface area contributed by atoms with E-state index in [4.69, 9.17) is 4.74 Å². The predicted octanol–water partition coefficient (Wildman–Crippen LogP) is 2.60. The van der Waals surface area contributed by atoms with E-state index in [2.05, 4.69) is 16.2 Å². The molecule has 0 fully saturated rings. The average Bonchev–Trinajstić information content (AvgIpc) is 2.99. The molecule has 0 aliphatic heterocycles. The van der Waals surface area contributed by atoms with Crippen LogP contribution in [0, 0.1) is 18.3 Å². The van der Waals surface area contributed by atoms with Crippen molar-refractivity contribution in [2.75, 3.05) is 12.9 Å². The zero-order valence-electron chi connectivity index (χ0n) is 15.4. The van der Waals surface area contributed by atoms with Crippen molar-refractivity contribution >= 4 is 20.7 Å². The van der Waals surface area contributed by atoms with Crippen molar-refractivity contribution in [2.24, 2.45) is 0 Å². The number of hydrogen-bond donors (Lipinski definition) is 0. The summed E-state index contributed by atoms with van der Waals surface area (Å²) in [6.07, 6.45) is 4.59. The summed E-state index contributed by atoms with van der Waals surface area (Å²) in [6.45, 7) is 4.99. The fourth-order valence-corrected chi connectivity index (χ4v) is 3.79. The van der Waals surface area contributed by atoms with Gasteiger partial charge < -0.3 is 4.74 Å². The van der Waals surface area contributed by atoms with E-state index in [-0.39, 0.29) is 4.90 Å². The number of aryl methyl sites for hydroxylation is 1. The molecule has 2 heterocycles. The van der Waals surface area contributed by atoms with Gasteiger partial charge in [0.05, 0.1) is 23.6 Å². The van der Waals surface area contributed by atoms with Gasteiger partial charge in [-0.15, -0.1) is 0 Å². The summed E-state index contributed by atoms with van der Waals surface area (Å²) in [5.74, 6) is 0. The molecule has 0 aliphatic rings. The SMILES string of the molecule is CCOCc1cn(Cc2cc(S(C)(=O)=O)c3ncc(C)cc3c2)nc1C#N. The average molecular weight is 384 g/mol. The maximum atomic E-state index is 12.2. The number of pyridine rings is 1. The summed E-state index contributed by atoms with van der Waals surface area (Å²) < 4.78 is 31.5. The van der Waals surface area contributed by atoms with E-state index in [0.717, 1.165) is 16.5 Å². The minimum atomic E-state index is -3.44. The Balaban J connectivity index is 2.05. The lowest BCUT2D eigenvalue weighted by Gasteiger charge is -2.09. The maximum absolute atomic E-state index is 12.2. The molecule has 3 rings (SSSR count). The summed E-state index contributed by atoms with van der Waals surface area (Å²) in [7, 11) is -3.44. The van der Waals surface area contributed by atoms with Gasteiger partial charge in [-0.25, -0.2) is 8.42 Å². The molecule has 0 bridgehead atoms. The molecule has 3 aromatic rings. The lowest BCUT2D eigenvalue weighted by atomic mass is 10.1. The second kappa shape index (κ2) is 7.47. The van der Waals surface area contributed by atoms with Crippen molar-refractivity contribution in [2.45, 2.75) is 31.9 Å². The van der Waals surface area contributed by atoms with Crippen LogP contribution in [0.25, 0.3) is 10.9 Å². The van der Waals surface area contributed by atoms with Crippen molar-refractivity contribution in [1.82, 2.24) is 14.8 Å². The molecule has 8 heteroatoms. The molecular weight excluding hydrogens is 364 g/mol. The van der Waals surface area contributed by atoms with E-state index in [1.165, 1.54) is 6.26 Å². The predicted molar refractivity (Wildman–Crippen MR) is 101 cm³/mol. The minimum Gasteiger partial charge on any atom is -0.377 e. The molecule has 0 spiro atoms. The number of sulfone groups is 1. The van der Waals surface area contributed by atoms with Crippen LogP contribution in [-0.2, 0) is 27.7 Å². The lowest BCUT2D eigenvalue weighted by molar-refractivity contribution is 0.134. The van der Waals surface area contributed by atoms with Crippen molar-refractivity contribution < 1.29 is 13.2 Å². The van der Waals surface area contributed by atoms with Gasteiger partial charge in [-0.2, -0.15) is 10.4 Å². The van der Waals surface area contributed by atoms with E-state index < -0.39 is 9.84 Å². The zero-order valence-corrected chi connectivity index (χ0v) is 16.2. The van der Waals surface area contributed by atoms with E-state index in [0.29, 0.717) is 36.5 Å².